The Morgan fingerprint density at radius 3 is 1.40 bits per heavy atom. The Morgan fingerprint density at radius 2 is 1.40 bits per heavy atom. The molecule has 0 spiro atoms. The molecule has 0 rings (SSSR count). The summed E-state index contributed by atoms with van der Waals surface area (Å²) in [5.41, 5.74) is 0. The van der Waals surface area contributed by atoms with Crippen molar-refractivity contribution in [3.8, 4) is 0 Å². The van der Waals surface area contributed by atoms with Crippen LogP contribution >= 0.6 is 0 Å². The van der Waals surface area contributed by atoms with Crippen LogP contribution < -0.4 is 0 Å². The summed E-state index contributed by atoms with van der Waals surface area (Å²) in [7, 11) is 0. The summed E-state index contributed by atoms with van der Waals surface area (Å²) in [5, 5.41) is 6.25. The summed E-state index contributed by atoms with van der Waals surface area (Å²) in [5.74, 6) is 4.42. The number of hydrogen-bond acceptors (Lipinski definition) is 1. The van der Waals surface area contributed by atoms with Crippen LogP contribution in [0.2, 0.25) is 11.6 Å². The van der Waals surface area contributed by atoms with E-state index in [4.69, 9.17) is 11.8 Å². The van der Waals surface area contributed by atoms with Crippen LogP contribution in [0.1, 0.15) is 0 Å². The summed E-state index contributed by atoms with van der Waals surface area (Å²) in [6, 6.07) is 0. The molecule has 0 atom stereocenters. The van der Waals surface area contributed by atoms with Gasteiger partial charge in [0.05, 0.1) is 0 Å². The Kier molecular flexibility index (Phi) is 62.5. The molecule has 0 radical (unpaired) electrons. The summed E-state index contributed by atoms with van der Waals surface area (Å²) >= 11 is 0.750. The van der Waals surface area contributed by atoms with Crippen molar-refractivity contribution in [2.24, 2.45) is 0 Å². The first-order valence-corrected chi connectivity index (χ1v) is 3.69. The average Bonchev–Trinajstić information content (AvgIpc) is 1.46. The van der Waals surface area contributed by atoms with Crippen LogP contribution in [0.5, 0.6) is 0 Å². The summed E-state index contributed by atoms with van der Waals surface area (Å²) < 4.78 is 0. The van der Waals surface area contributed by atoms with Gasteiger partial charge in [-0.3, -0.25) is 0 Å². The Morgan fingerprint density at radius 1 is 1.40 bits per heavy atom. The van der Waals surface area contributed by atoms with Gasteiger partial charge in [-0.05, 0) is 0 Å². The first kappa shape index (κ1) is 8.90. The molecule has 0 amide bonds. The molecule has 0 saturated carbocycles. The fraction of sp³-hybridized carbons (Fsp3) is 0.667. The van der Waals surface area contributed by atoms with Crippen molar-refractivity contribution in [2.75, 3.05) is 0 Å². The second-order valence-electron chi connectivity index (χ2n) is 0.577. The van der Waals surface area contributed by atoms with E-state index in [9.17, 15) is 0 Å². The van der Waals surface area contributed by atoms with E-state index in [0.717, 1.165) is 15.2 Å². The fourth-order valence-electron chi connectivity index (χ4n) is 0. The summed E-state index contributed by atoms with van der Waals surface area (Å²) in [6.45, 7) is 4.75. The van der Waals surface area contributed by atoms with E-state index >= 15 is 0 Å². The van der Waals surface area contributed by atoms with Gasteiger partial charge in [-0.25, -0.2) is 0 Å². The van der Waals surface area contributed by atoms with Crippen LogP contribution in [-0.4, -0.2) is 15.2 Å². The number of nitrogens with zero attached hydrogens (tertiary/aromatic N) is 1. The van der Waals surface area contributed by atoms with Gasteiger partial charge in [0, 0.05) is 0 Å². The second-order valence-corrected chi connectivity index (χ2v) is 1.73. The Bertz CT molecular complexity index is 18.1. The molecule has 0 aliphatic rings. The van der Waals surface area contributed by atoms with E-state index in [1.165, 1.54) is 0 Å². The van der Waals surface area contributed by atoms with Crippen LogP contribution in [0.4, 0.5) is 0 Å². The van der Waals surface area contributed by atoms with Gasteiger partial charge in [0.15, 0.2) is 0 Å². The standard InChI is InChI=1S/CN.2CH3.Al/c1-2;;;/h;2*1H3;/q-1;;;+1. The van der Waals surface area contributed by atoms with Gasteiger partial charge in [0.2, 0.25) is 0 Å². The molecule has 2 heteroatoms. The molecular weight excluding hydrogens is 77.0 g/mol. The second kappa shape index (κ2) is 35.1. The Hall–Kier alpha value is 0.0225. The zero-order valence-electron chi connectivity index (χ0n) is 3.52. The van der Waals surface area contributed by atoms with E-state index in [2.05, 4.69) is 11.6 Å². The van der Waals surface area contributed by atoms with E-state index in [0.29, 0.717) is 0 Å². The molecule has 0 heterocycles. The van der Waals surface area contributed by atoms with Crippen LogP contribution in [0.15, 0.2) is 0 Å². The molecule has 0 unspecified atom stereocenters. The van der Waals surface area contributed by atoms with Crippen molar-refractivity contribution in [3.05, 3.63) is 6.57 Å². The quantitative estimate of drug-likeness (QED) is 0.315. The van der Waals surface area contributed by atoms with Gasteiger partial charge in [-0.1, -0.05) is 0 Å². The van der Waals surface area contributed by atoms with Crippen molar-refractivity contribution in [1.82, 2.24) is 0 Å². The third-order valence-electron chi connectivity index (χ3n) is 0. The topological polar surface area (TPSA) is 23.8 Å². The first-order valence-electron chi connectivity index (χ1n) is 1.38. The van der Waals surface area contributed by atoms with E-state index < -0.39 is 0 Å². The molecule has 0 aliphatic carbocycles. The minimum absolute atomic E-state index is 0.750. The van der Waals surface area contributed by atoms with Crippen LogP contribution in [0, 0.1) is 11.8 Å². The zero-order chi connectivity index (χ0) is 4.71. The molecule has 0 N–H and O–H groups in total. The number of rotatable bonds is 0. The molecule has 26 valence electrons. The summed E-state index contributed by atoms with van der Waals surface area (Å²) in [4.78, 5) is 0. The van der Waals surface area contributed by atoms with Gasteiger partial charge in [-0.2, -0.15) is 0 Å². The summed E-state index contributed by atoms with van der Waals surface area (Å²) in [6.07, 6.45) is 0. The molecule has 0 aromatic carbocycles. The maximum absolute atomic E-state index is 6.25. The Labute approximate surface area is 39.3 Å². The van der Waals surface area contributed by atoms with E-state index in [-0.39, 0.29) is 0 Å². The van der Waals surface area contributed by atoms with E-state index in [1.807, 2.05) is 0 Å². The van der Waals surface area contributed by atoms with E-state index in [1.54, 1.807) is 0 Å². The molecule has 0 fully saturated rings. The van der Waals surface area contributed by atoms with Gasteiger partial charge in [0.25, 0.3) is 0 Å². The van der Waals surface area contributed by atoms with Crippen molar-refractivity contribution in [1.29, 1.82) is 5.26 Å². The monoisotopic (exact) mass is 83.0 g/mol. The third kappa shape index (κ3) is 32600. The van der Waals surface area contributed by atoms with Crippen molar-refractivity contribution < 1.29 is 0 Å². The number of hydrogen-bond donors (Lipinski definition) is 0. The first-order chi connectivity index (χ1) is 2.41. The molecule has 5 heavy (non-hydrogen) atoms. The van der Waals surface area contributed by atoms with Gasteiger partial charge in [-0.15, -0.1) is 0 Å². The Balaban J connectivity index is 0. The van der Waals surface area contributed by atoms with Crippen molar-refractivity contribution >= 4 is 15.2 Å². The van der Waals surface area contributed by atoms with Gasteiger partial charge >= 0.3 is 26.8 Å². The molecular formula is C3H6AlN. The van der Waals surface area contributed by atoms with Crippen molar-refractivity contribution in [3.63, 3.8) is 0 Å². The fourth-order valence-corrected chi connectivity index (χ4v) is 0. The third-order valence-corrected chi connectivity index (χ3v) is 0. The predicted octanol–water partition coefficient (Wildman–Crippen LogP) is 0.883. The van der Waals surface area contributed by atoms with Crippen LogP contribution in [0.3, 0.4) is 0 Å². The molecule has 0 saturated heterocycles. The molecule has 0 aromatic rings. The molecule has 1 nitrogen and oxygen atoms in total. The SMILES string of the molecule is [C-]#N.[CH3][Al+][CH3]. The van der Waals surface area contributed by atoms with Crippen molar-refractivity contribution in [2.45, 2.75) is 11.6 Å². The molecule has 0 aromatic heterocycles. The predicted molar refractivity (Wildman–Crippen MR) is 22.4 cm³/mol. The normalized spacial score (nSPS) is 2.40. The minimum atomic E-state index is 0.750. The van der Waals surface area contributed by atoms with Gasteiger partial charge < -0.3 is 11.8 Å². The average molecular weight is 83.1 g/mol. The zero-order valence-corrected chi connectivity index (χ0v) is 4.68. The molecule has 0 bridgehead atoms. The van der Waals surface area contributed by atoms with Crippen LogP contribution in [0.25, 0.3) is 0 Å². The van der Waals surface area contributed by atoms with Gasteiger partial charge in [0.1, 0.15) is 0 Å². The van der Waals surface area contributed by atoms with Crippen LogP contribution in [-0.2, 0) is 0 Å². The molecule has 0 aliphatic heterocycles. The maximum atomic E-state index is 6.25.